The average Bonchev–Trinajstić information content (AvgIpc) is 2.46. The molecule has 1 aromatic carbocycles. The van der Waals surface area contributed by atoms with Gasteiger partial charge in [-0.25, -0.2) is 0 Å². The van der Waals surface area contributed by atoms with Gasteiger partial charge in [0.25, 0.3) is 0 Å². The lowest BCUT2D eigenvalue weighted by molar-refractivity contribution is 0.0253. The van der Waals surface area contributed by atoms with Crippen LogP contribution < -0.4 is 5.32 Å². The van der Waals surface area contributed by atoms with Crippen molar-refractivity contribution < 1.29 is 4.74 Å². The maximum Gasteiger partial charge on any atom is 0.0721 e. The minimum absolute atomic E-state index is 0.364. The number of nitrogens with one attached hydrogen (secondary N) is 1. The Morgan fingerprint density at radius 3 is 3.22 bits per heavy atom. The van der Waals surface area contributed by atoms with E-state index in [0.29, 0.717) is 12.7 Å². The molecule has 1 saturated heterocycles. The second-order valence-corrected chi connectivity index (χ2v) is 4.81. The largest absolute Gasteiger partial charge is 0.372 e. The molecule has 1 atom stereocenters. The Morgan fingerprint density at radius 2 is 2.33 bits per heavy atom. The second-order valence-electron chi connectivity index (χ2n) is 4.81. The van der Waals surface area contributed by atoms with Gasteiger partial charge in [0.1, 0.15) is 0 Å². The van der Waals surface area contributed by atoms with Crippen molar-refractivity contribution in [3.05, 3.63) is 42.1 Å². The molecule has 18 heavy (non-hydrogen) atoms. The van der Waals surface area contributed by atoms with E-state index < -0.39 is 0 Å². The highest BCUT2D eigenvalue weighted by Gasteiger charge is 2.12. The maximum atomic E-state index is 5.93. The van der Waals surface area contributed by atoms with Gasteiger partial charge in [0.15, 0.2) is 0 Å². The molecule has 1 fully saturated rings. The highest BCUT2D eigenvalue weighted by Crippen LogP contribution is 2.15. The number of hydrogen-bond donors (Lipinski definition) is 1. The van der Waals surface area contributed by atoms with Crippen molar-refractivity contribution in [2.24, 2.45) is 0 Å². The predicted octanol–water partition coefficient (Wildman–Crippen LogP) is 2.50. The molecule has 0 spiro atoms. The molecule has 1 aromatic heterocycles. The van der Waals surface area contributed by atoms with Crippen LogP contribution >= 0.6 is 0 Å². The first-order valence-corrected chi connectivity index (χ1v) is 6.58. The van der Waals surface area contributed by atoms with Crippen LogP contribution in [0.4, 0.5) is 0 Å². The molecule has 2 aromatic rings. The average molecular weight is 242 g/mol. The maximum absolute atomic E-state index is 5.93. The van der Waals surface area contributed by atoms with E-state index in [1.54, 1.807) is 0 Å². The van der Waals surface area contributed by atoms with Gasteiger partial charge in [-0.3, -0.25) is 4.98 Å². The van der Waals surface area contributed by atoms with Crippen molar-refractivity contribution in [2.75, 3.05) is 13.1 Å². The Balaban J connectivity index is 1.66. The van der Waals surface area contributed by atoms with Crippen LogP contribution in [0.1, 0.15) is 18.4 Å². The highest BCUT2D eigenvalue weighted by molar-refractivity contribution is 5.78. The van der Waals surface area contributed by atoms with E-state index in [0.717, 1.165) is 18.6 Å². The van der Waals surface area contributed by atoms with E-state index in [2.05, 4.69) is 34.6 Å². The Morgan fingerprint density at radius 1 is 1.33 bits per heavy atom. The van der Waals surface area contributed by atoms with Gasteiger partial charge in [-0.15, -0.1) is 0 Å². The first-order valence-electron chi connectivity index (χ1n) is 6.58. The number of hydrogen-bond acceptors (Lipinski definition) is 3. The lowest BCUT2D eigenvalue weighted by atomic mass is 10.1. The summed E-state index contributed by atoms with van der Waals surface area (Å²) in [6, 6.07) is 10.4. The van der Waals surface area contributed by atoms with Crippen molar-refractivity contribution in [3.63, 3.8) is 0 Å². The third-order valence-electron chi connectivity index (χ3n) is 3.40. The number of ether oxygens (including phenoxy) is 1. The van der Waals surface area contributed by atoms with Crippen molar-refractivity contribution in [1.29, 1.82) is 0 Å². The van der Waals surface area contributed by atoms with E-state index in [4.69, 9.17) is 4.74 Å². The zero-order chi connectivity index (χ0) is 12.2. The third-order valence-corrected chi connectivity index (χ3v) is 3.40. The standard InChI is InChI=1S/C15H18N2O/c1-3-13-9-12(5-6-15(13)17-8-1)11-18-14-4-2-7-16-10-14/h1,3,5-6,8-9,14,16H,2,4,7,10-11H2/t14-/m0/s1. The van der Waals surface area contributed by atoms with Crippen LogP contribution in [0.15, 0.2) is 36.5 Å². The summed E-state index contributed by atoms with van der Waals surface area (Å²) in [6.07, 6.45) is 4.57. The van der Waals surface area contributed by atoms with Crippen LogP contribution in [0.25, 0.3) is 10.9 Å². The highest BCUT2D eigenvalue weighted by atomic mass is 16.5. The molecule has 0 unspecified atom stereocenters. The van der Waals surface area contributed by atoms with E-state index in [1.165, 1.54) is 23.8 Å². The van der Waals surface area contributed by atoms with E-state index >= 15 is 0 Å². The number of benzene rings is 1. The SMILES string of the molecule is c1cnc2ccc(CO[C@H]3CCCNC3)cc2c1. The van der Waals surface area contributed by atoms with E-state index in [9.17, 15) is 0 Å². The quantitative estimate of drug-likeness (QED) is 0.898. The molecule has 3 rings (SSSR count). The second kappa shape index (κ2) is 5.46. The normalized spacial score (nSPS) is 20.1. The predicted molar refractivity (Wildman–Crippen MR) is 72.4 cm³/mol. The summed E-state index contributed by atoms with van der Waals surface area (Å²) in [6.45, 7) is 2.80. The van der Waals surface area contributed by atoms with E-state index in [-0.39, 0.29) is 0 Å². The lowest BCUT2D eigenvalue weighted by Crippen LogP contribution is -2.35. The fraction of sp³-hybridized carbons (Fsp3) is 0.400. The van der Waals surface area contributed by atoms with Crippen LogP contribution in [-0.2, 0) is 11.3 Å². The summed E-state index contributed by atoms with van der Waals surface area (Å²) in [4.78, 5) is 4.32. The van der Waals surface area contributed by atoms with Crippen LogP contribution in [0.3, 0.4) is 0 Å². The molecule has 94 valence electrons. The van der Waals surface area contributed by atoms with Gasteiger partial charge < -0.3 is 10.1 Å². The number of aromatic nitrogens is 1. The minimum Gasteiger partial charge on any atom is -0.372 e. The number of fused-ring (bicyclic) bond motifs is 1. The van der Waals surface area contributed by atoms with Gasteiger partial charge in [-0.05, 0) is 43.1 Å². The van der Waals surface area contributed by atoms with Gasteiger partial charge in [0.05, 0.1) is 18.2 Å². The Bertz CT molecular complexity index is 521. The topological polar surface area (TPSA) is 34.1 Å². The molecular formula is C15H18N2O. The van der Waals surface area contributed by atoms with Crippen LogP contribution in [0.5, 0.6) is 0 Å². The summed E-state index contributed by atoms with van der Waals surface area (Å²) in [5.41, 5.74) is 2.27. The zero-order valence-electron chi connectivity index (χ0n) is 10.4. The number of nitrogens with zero attached hydrogens (tertiary/aromatic N) is 1. The molecule has 2 heterocycles. The molecule has 3 heteroatoms. The number of rotatable bonds is 3. The number of pyridine rings is 1. The zero-order valence-corrected chi connectivity index (χ0v) is 10.4. The van der Waals surface area contributed by atoms with Gasteiger partial charge >= 0.3 is 0 Å². The smallest absolute Gasteiger partial charge is 0.0721 e. The lowest BCUT2D eigenvalue weighted by Gasteiger charge is -2.23. The Kier molecular flexibility index (Phi) is 3.53. The molecule has 0 bridgehead atoms. The van der Waals surface area contributed by atoms with Gasteiger partial charge in [-0.1, -0.05) is 12.1 Å². The summed E-state index contributed by atoms with van der Waals surface area (Å²) in [5.74, 6) is 0. The molecular weight excluding hydrogens is 224 g/mol. The molecule has 1 aliphatic heterocycles. The van der Waals surface area contributed by atoms with Crippen molar-refractivity contribution in [3.8, 4) is 0 Å². The molecule has 1 N–H and O–H groups in total. The molecule has 0 amide bonds. The van der Waals surface area contributed by atoms with E-state index in [1.807, 2.05) is 12.3 Å². The van der Waals surface area contributed by atoms with Crippen molar-refractivity contribution >= 4 is 10.9 Å². The molecule has 0 saturated carbocycles. The molecule has 0 aliphatic carbocycles. The van der Waals surface area contributed by atoms with Crippen LogP contribution in [-0.4, -0.2) is 24.2 Å². The van der Waals surface area contributed by atoms with Gasteiger partial charge in [0, 0.05) is 18.1 Å². The number of piperidine rings is 1. The van der Waals surface area contributed by atoms with Gasteiger partial charge in [0.2, 0.25) is 0 Å². The Labute approximate surface area is 107 Å². The first kappa shape index (κ1) is 11.6. The van der Waals surface area contributed by atoms with Gasteiger partial charge in [-0.2, -0.15) is 0 Å². The monoisotopic (exact) mass is 242 g/mol. The van der Waals surface area contributed by atoms with Crippen LogP contribution in [0, 0.1) is 0 Å². The fourth-order valence-electron chi connectivity index (χ4n) is 2.39. The van der Waals surface area contributed by atoms with Crippen LogP contribution in [0.2, 0.25) is 0 Å². The first-order chi connectivity index (χ1) is 8.92. The fourth-order valence-corrected chi connectivity index (χ4v) is 2.39. The van der Waals surface area contributed by atoms with Crippen molar-refractivity contribution in [2.45, 2.75) is 25.6 Å². The summed E-state index contributed by atoms with van der Waals surface area (Å²) < 4.78 is 5.93. The Hall–Kier alpha value is -1.45. The molecule has 3 nitrogen and oxygen atoms in total. The summed E-state index contributed by atoms with van der Waals surface area (Å²) >= 11 is 0. The minimum atomic E-state index is 0.364. The van der Waals surface area contributed by atoms with Crippen molar-refractivity contribution in [1.82, 2.24) is 10.3 Å². The summed E-state index contributed by atoms with van der Waals surface area (Å²) in [7, 11) is 0. The molecule has 1 aliphatic rings. The summed E-state index contributed by atoms with van der Waals surface area (Å²) in [5, 5.41) is 4.55. The third kappa shape index (κ3) is 2.68. The molecule has 0 radical (unpaired) electrons.